The van der Waals surface area contributed by atoms with E-state index in [1.807, 2.05) is 41.8 Å². The third kappa shape index (κ3) is 4.45. The number of benzene rings is 1. The van der Waals surface area contributed by atoms with Crippen LogP contribution in [0.2, 0.25) is 0 Å². The van der Waals surface area contributed by atoms with E-state index in [0.717, 1.165) is 79.0 Å². The first-order valence-electron chi connectivity index (χ1n) is 14.9. The fourth-order valence-corrected chi connectivity index (χ4v) is 7.01. The van der Waals surface area contributed by atoms with Crippen LogP contribution in [0.1, 0.15) is 66.7 Å². The summed E-state index contributed by atoms with van der Waals surface area (Å²) < 4.78 is 33.7. The topological polar surface area (TPSA) is 84.1 Å². The molecule has 6 heterocycles. The summed E-state index contributed by atoms with van der Waals surface area (Å²) in [4.78, 5) is 16.4. The van der Waals surface area contributed by atoms with Crippen LogP contribution in [0.15, 0.2) is 24.4 Å². The van der Waals surface area contributed by atoms with Crippen molar-refractivity contribution in [3.05, 3.63) is 52.5 Å². The number of fused-ring (bicyclic) bond motifs is 3. The lowest BCUT2D eigenvalue weighted by Crippen LogP contribution is -2.36. The van der Waals surface area contributed by atoms with E-state index >= 15 is 0 Å². The van der Waals surface area contributed by atoms with Crippen LogP contribution in [0.4, 0.5) is 20.3 Å². The van der Waals surface area contributed by atoms with E-state index in [1.54, 1.807) is 13.0 Å². The second kappa shape index (κ2) is 10.4. The van der Waals surface area contributed by atoms with Crippen LogP contribution < -0.4 is 10.2 Å². The molecule has 0 bridgehead atoms. The highest BCUT2D eigenvalue weighted by atomic mass is 19.3. The van der Waals surface area contributed by atoms with Crippen LogP contribution in [0.25, 0.3) is 22.2 Å². The van der Waals surface area contributed by atoms with Gasteiger partial charge in [-0.25, -0.2) is 8.78 Å². The van der Waals surface area contributed by atoms with Crippen molar-refractivity contribution in [1.29, 1.82) is 0 Å². The Morgan fingerprint density at radius 2 is 1.88 bits per heavy atom. The minimum Gasteiger partial charge on any atom is -0.348 e. The van der Waals surface area contributed by atoms with Crippen LogP contribution in [0.5, 0.6) is 0 Å². The summed E-state index contributed by atoms with van der Waals surface area (Å²) in [5.74, 6) is 0.841. The summed E-state index contributed by atoms with van der Waals surface area (Å²) in [6, 6.07) is 5.81. The number of nitrogens with one attached hydrogen (secondary N) is 1. The SMILES string of the molecule is CC(=O)N1CCc2c(c(N3CCCc4cc(-c5cn(C)c6cc(C)nnc56)c(C(F)F)cc43)nn2C2CCNCC2)C1. The highest BCUT2D eigenvalue weighted by Gasteiger charge is 2.34. The number of carbonyl (C=O) groups excluding carboxylic acids is 1. The maximum Gasteiger partial charge on any atom is 0.264 e. The maximum absolute atomic E-state index is 14.8. The zero-order valence-corrected chi connectivity index (χ0v) is 24.3. The lowest BCUT2D eigenvalue weighted by molar-refractivity contribution is -0.129. The van der Waals surface area contributed by atoms with E-state index in [9.17, 15) is 13.6 Å². The van der Waals surface area contributed by atoms with E-state index in [-0.39, 0.29) is 17.5 Å². The third-order valence-electron chi connectivity index (χ3n) is 9.17. The monoisotopic (exact) mass is 574 g/mol. The zero-order chi connectivity index (χ0) is 29.1. The van der Waals surface area contributed by atoms with Crippen LogP contribution in [0.3, 0.4) is 0 Å². The highest BCUT2D eigenvalue weighted by Crippen LogP contribution is 2.44. The van der Waals surface area contributed by atoms with Gasteiger partial charge in [-0.15, -0.1) is 5.10 Å². The molecule has 4 aromatic rings. The second-order valence-electron chi connectivity index (χ2n) is 11.9. The molecule has 220 valence electrons. The first-order chi connectivity index (χ1) is 20.3. The fourth-order valence-electron chi connectivity index (χ4n) is 7.01. The summed E-state index contributed by atoms with van der Waals surface area (Å²) >= 11 is 0. The summed E-state index contributed by atoms with van der Waals surface area (Å²) in [6.07, 6.45) is 3.60. The highest BCUT2D eigenvalue weighted by molar-refractivity contribution is 5.94. The van der Waals surface area contributed by atoms with Gasteiger partial charge >= 0.3 is 0 Å². The Hall–Kier alpha value is -3.86. The second-order valence-corrected chi connectivity index (χ2v) is 11.9. The molecule has 0 unspecified atom stereocenters. The van der Waals surface area contributed by atoms with Crippen molar-refractivity contribution in [2.75, 3.05) is 31.1 Å². The smallest absolute Gasteiger partial charge is 0.264 e. The van der Waals surface area contributed by atoms with Gasteiger partial charge in [0.15, 0.2) is 5.82 Å². The predicted octanol–water partition coefficient (Wildman–Crippen LogP) is 4.99. The Morgan fingerprint density at radius 1 is 1.07 bits per heavy atom. The van der Waals surface area contributed by atoms with Crippen molar-refractivity contribution in [3.8, 4) is 11.1 Å². The number of hydrogen-bond donors (Lipinski definition) is 1. The van der Waals surface area contributed by atoms with Crippen LogP contribution in [-0.2, 0) is 31.2 Å². The number of alkyl halides is 2. The normalized spacial score (nSPS) is 17.7. The molecule has 1 saturated heterocycles. The van der Waals surface area contributed by atoms with Crippen LogP contribution in [-0.4, -0.2) is 61.5 Å². The Balaban J connectivity index is 1.37. The van der Waals surface area contributed by atoms with Gasteiger partial charge in [0, 0.05) is 67.8 Å². The Morgan fingerprint density at radius 3 is 2.64 bits per heavy atom. The molecule has 3 aliphatic rings. The molecular formula is C31H36F2N8O. The third-order valence-corrected chi connectivity index (χ3v) is 9.17. The Bertz CT molecular complexity index is 1690. The quantitative estimate of drug-likeness (QED) is 0.370. The van der Waals surface area contributed by atoms with Gasteiger partial charge in [-0.3, -0.25) is 9.48 Å². The average molecular weight is 575 g/mol. The number of halogens is 2. The molecule has 3 aromatic heterocycles. The molecule has 0 saturated carbocycles. The number of nitrogens with zero attached hydrogens (tertiary/aromatic N) is 7. The van der Waals surface area contributed by atoms with Crippen molar-refractivity contribution in [1.82, 2.24) is 34.8 Å². The number of carbonyl (C=O) groups is 1. The lowest BCUT2D eigenvalue weighted by atomic mass is 9.92. The van der Waals surface area contributed by atoms with Gasteiger partial charge in [-0.2, -0.15) is 10.2 Å². The van der Waals surface area contributed by atoms with Crippen molar-refractivity contribution in [2.24, 2.45) is 7.05 Å². The van der Waals surface area contributed by atoms with Gasteiger partial charge in [0.2, 0.25) is 5.91 Å². The van der Waals surface area contributed by atoms with Gasteiger partial charge in [0.05, 0.1) is 23.8 Å². The van der Waals surface area contributed by atoms with Crippen molar-refractivity contribution in [2.45, 2.75) is 65.0 Å². The maximum atomic E-state index is 14.8. The van der Waals surface area contributed by atoms with Crippen LogP contribution in [0, 0.1) is 6.92 Å². The molecule has 1 fully saturated rings. The van der Waals surface area contributed by atoms with E-state index in [1.165, 1.54) is 5.69 Å². The van der Waals surface area contributed by atoms with Gasteiger partial charge in [-0.1, -0.05) is 0 Å². The molecular weight excluding hydrogens is 538 g/mol. The average Bonchev–Trinajstić information content (AvgIpc) is 3.53. The van der Waals surface area contributed by atoms with Crippen molar-refractivity contribution in [3.63, 3.8) is 0 Å². The molecule has 0 aliphatic carbocycles. The molecule has 9 nitrogen and oxygen atoms in total. The molecule has 42 heavy (non-hydrogen) atoms. The number of anilines is 2. The van der Waals surface area contributed by atoms with Crippen molar-refractivity contribution < 1.29 is 13.6 Å². The lowest BCUT2D eigenvalue weighted by Gasteiger charge is -2.33. The van der Waals surface area contributed by atoms with Crippen LogP contribution >= 0.6 is 0 Å². The molecule has 0 radical (unpaired) electrons. The number of aromatic nitrogens is 5. The first kappa shape index (κ1) is 27.0. The summed E-state index contributed by atoms with van der Waals surface area (Å²) in [5, 5.41) is 17.3. The van der Waals surface area contributed by atoms with E-state index < -0.39 is 6.43 Å². The summed E-state index contributed by atoms with van der Waals surface area (Å²) in [6.45, 7) is 7.21. The minimum atomic E-state index is -2.67. The number of rotatable bonds is 4. The molecule has 11 heteroatoms. The number of piperidine rings is 1. The van der Waals surface area contributed by atoms with Gasteiger partial charge in [-0.05, 0) is 75.0 Å². The van der Waals surface area contributed by atoms with E-state index in [4.69, 9.17) is 5.10 Å². The molecule has 1 amide bonds. The van der Waals surface area contributed by atoms with Crippen molar-refractivity contribution >= 4 is 28.4 Å². The standard InChI is InChI=1S/C31H36F2N8O/c1-18-13-28-29(36-35-18)24(16-38(28)3)22-14-20-5-4-11-40(27(20)15-23(22)30(32)33)31-25-17-39(19(2)42)12-8-26(25)41(37-31)21-6-9-34-10-7-21/h13-16,21,30,34H,4-12,17H2,1-3H3. The van der Waals surface area contributed by atoms with Gasteiger partial charge in [0.25, 0.3) is 6.43 Å². The fraction of sp³-hybridized carbons (Fsp3) is 0.484. The molecule has 0 spiro atoms. The number of aryl methyl sites for hydroxylation is 3. The van der Waals surface area contributed by atoms with E-state index in [2.05, 4.69) is 25.1 Å². The van der Waals surface area contributed by atoms with Gasteiger partial charge < -0.3 is 19.7 Å². The molecule has 1 aromatic carbocycles. The molecule has 3 aliphatic heterocycles. The predicted molar refractivity (Wildman–Crippen MR) is 157 cm³/mol. The zero-order valence-electron chi connectivity index (χ0n) is 24.3. The largest absolute Gasteiger partial charge is 0.348 e. The van der Waals surface area contributed by atoms with Gasteiger partial charge in [0.1, 0.15) is 5.52 Å². The minimum absolute atomic E-state index is 0.0208. The Labute approximate surface area is 243 Å². The molecule has 1 N–H and O–H groups in total. The number of hydrogen-bond acceptors (Lipinski definition) is 6. The Kier molecular flexibility index (Phi) is 6.72. The first-order valence-corrected chi connectivity index (χ1v) is 14.9. The van der Waals surface area contributed by atoms with E-state index in [0.29, 0.717) is 36.3 Å². The summed E-state index contributed by atoms with van der Waals surface area (Å²) in [7, 11) is 1.90. The molecule has 0 atom stereocenters. The number of amides is 1. The summed E-state index contributed by atoms with van der Waals surface area (Å²) in [5.41, 5.74) is 7.43. The molecule has 7 rings (SSSR count).